The van der Waals surface area contributed by atoms with E-state index >= 15 is 0 Å². The maximum Gasteiger partial charge on any atom is 0.255 e. The summed E-state index contributed by atoms with van der Waals surface area (Å²) in [4.78, 5) is 12.3. The van der Waals surface area contributed by atoms with E-state index in [-0.39, 0.29) is 5.56 Å². The average Bonchev–Trinajstić information content (AvgIpc) is 2.41. The molecule has 3 heteroatoms. The average molecular weight is 273 g/mol. The van der Waals surface area contributed by atoms with E-state index in [9.17, 15) is 4.79 Å². The predicted molar refractivity (Wildman–Crippen MR) is 84.0 cm³/mol. The molecule has 0 aliphatic rings. The summed E-state index contributed by atoms with van der Waals surface area (Å²) in [5, 5.41) is 0. The van der Waals surface area contributed by atoms with Crippen molar-refractivity contribution in [2.45, 2.75) is 33.1 Å². The van der Waals surface area contributed by atoms with Gasteiger partial charge in [0.2, 0.25) is 0 Å². The summed E-state index contributed by atoms with van der Waals surface area (Å²) in [6.07, 6.45) is 0. The molecule has 0 bridgehead atoms. The van der Waals surface area contributed by atoms with Gasteiger partial charge >= 0.3 is 0 Å². The quantitative estimate of drug-likeness (QED) is 0.848. The van der Waals surface area contributed by atoms with Gasteiger partial charge in [-0.25, -0.2) is 0 Å². The number of aryl methyl sites for hydroxylation is 2. The summed E-state index contributed by atoms with van der Waals surface area (Å²) in [6, 6.07) is 10.2. The van der Waals surface area contributed by atoms with Crippen LogP contribution in [-0.4, -0.2) is 4.57 Å². The first-order valence-corrected chi connectivity index (χ1v) is 7.13. The third kappa shape index (κ3) is 2.61. The van der Waals surface area contributed by atoms with Gasteiger partial charge in [-0.2, -0.15) is 12.6 Å². The van der Waals surface area contributed by atoms with Crippen molar-refractivity contribution < 1.29 is 0 Å². The third-order valence-electron chi connectivity index (χ3n) is 3.54. The van der Waals surface area contributed by atoms with Gasteiger partial charge in [0, 0.05) is 17.9 Å². The topological polar surface area (TPSA) is 22.0 Å². The van der Waals surface area contributed by atoms with Gasteiger partial charge in [-0.3, -0.25) is 4.79 Å². The van der Waals surface area contributed by atoms with Crippen LogP contribution < -0.4 is 5.56 Å². The Hall–Kier alpha value is -1.48. The summed E-state index contributed by atoms with van der Waals surface area (Å²) < 4.78 is 1.82. The number of hydrogen-bond donors (Lipinski definition) is 1. The summed E-state index contributed by atoms with van der Waals surface area (Å²) in [6.45, 7) is 6.85. The molecular weight excluding hydrogens is 254 g/mol. The highest BCUT2D eigenvalue weighted by molar-refractivity contribution is 7.79. The summed E-state index contributed by atoms with van der Waals surface area (Å²) in [7, 11) is 0. The standard InChI is InChI=1S/C16H19NOS/c1-4-17-15(8-7-14(10-19)16(17)18)13-6-5-11(2)12(3)9-13/h5-9,19H,4,10H2,1-3H3. The molecule has 0 aliphatic heterocycles. The van der Waals surface area contributed by atoms with Crippen molar-refractivity contribution in [2.24, 2.45) is 0 Å². The molecule has 0 atom stereocenters. The van der Waals surface area contributed by atoms with Gasteiger partial charge in [0.15, 0.2) is 0 Å². The lowest BCUT2D eigenvalue weighted by atomic mass is 10.0. The number of rotatable bonds is 3. The highest BCUT2D eigenvalue weighted by atomic mass is 32.1. The zero-order valence-electron chi connectivity index (χ0n) is 11.6. The van der Waals surface area contributed by atoms with Crippen LogP contribution >= 0.6 is 12.6 Å². The van der Waals surface area contributed by atoms with Gasteiger partial charge in [-0.15, -0.1) is 0 Å². The van der Waals surface area contributed by atoms with Crippen molar-refractivity contribution in [2.75, 3.05) is 0 Å². The molecule has 0 spiro atoms. The van der Waals surface area contributed by atoms with Crippen molar-refractivity contribution in [1.82, 2.24) is 4.57 Å². The van der Waals surface area contributed by atoms with E-state index in [1.807, 2.05) is 23.6 Å². The molecule has 0 saturated carbocycles. The lowest BCUT2D eigenvalue weighted by Crippen LogP contribution is -2.23. The lowest BCUT2D eigenvalue weighted by Gasteiger charge is -2.13. The van der Waals surface area contributed by atoms with Crippen molar-refractivity contribution in [3.8, 4) is 11.3 Å². The molecule has 2 rings (SSSR count). The Balaban J connectivity index is 2.65. The van der Waals surface area contributed by atoms with Gasteiger partial charge in [0.1, 0.15) is 0 Å². The molecule has 0 radical (unpaired) electrons. The second-order valence-corrected chi connectivity index (χ2v) is 5.07. The Morgan fingerprint density at radius 2 is 1.84 bits per heavy atom. The minimum atomic E-state index is 0.0632. The largest absolute Gasteiger partial charge is 0.308 e. The first-order valence-electron chi connectivity index (χ1n) is 6.49. The molecule has 0 unspecified atom stereocenters. The number of nitrogens with zero attached hydrogens (tertiary/aromatic N) is 1. The number of thiol groups is 1. The van der Waals surface area contributed by atoms with Gasteiger partial charge in [0.05, 0.1) is 5.69 Å². The molecule has 19 heavy (non-hydrogen) atoms. The smallest absolute Gasteiger partial charge is 0.255 e. The molecule has 2 nitrogen and oxygen atoms in total. The van der Waals surface area contributed by atoms with Crippen LogP contribution in [0.3, 0.4) is 0 Å². The van der Waals surface area contributed by atoms with Crippen LogP contribution in [0.2, 0.25) is 0 Å². The minimum Gasteiger partial charge on any atom is -0.308 e. The zero-order valence-corrected chi connectivity index (χ0v) is 12.5. The van der Waals surface area contributed by atoms with Crippen molar-refractivity contribution in [1.29, 1.82) is 0 Å². The van der Waals surface area contributed by atoms with Crippen LogP contribution in [0.4, 0.5) is 0 Å². The van der Waals surface area contributed by atoms with Crippen LogP contribution in [0.5, 0.6) is 0 Å². The van der Waals surface area contributed by atoms with Gasteiger partial charge < -0.3 is 4.57 Å². The highest BCUT2D eigenvalue weighted by Gasteiger charge is 2.09. The van der Waals surface area contributed by atoms with E-state index in [1.54, 1.807) is 0 Å². The fraction of sp³-hybridized carbons (Fsp3) is 0.312. The maximum absolute atomic E-state index is 12.3. The Bertz CT molecular complexity index is 658. The summed E-state index contributed by atoms with van der Waals surface area (Å²) >= 11 is 4.20. The molecule has 1 heterocycles. The molecular formula is C16H19NOS. The fourth-order valence-corrected chi connectivity index (χ4v) is 2.45. The van der Waals surface area contributed by atoms with Crippen molar-refractivity contribution in [3.63, 3.8) is 0 Å². The summed E-state index contributed by atoms with van der Waals surface area (Å²) in [5.74, 6) is 0.478. The van der Waals surface area contributed by atoms with Gasteiger partial charge in [-0.05, 0) is 49.6 Å². The first kappa shape index (κ1) is 13.9. The molecule has 0 fully saturated rings. The number of pyridine rings is 1. The molecule has 1 aromatic carbocycles. The Morgan fingerprint density at radius 1 is 1.11 bits per heavy atom. The van der Waals surface area contributed by atoms with Crippen LogP contribution in [0.1, 0.15) is 23.6 Å². The van der Waals surface area contributed by atoms with E-state index in [1.165, 1.54) is 11.1 Å². The van der Waals surface area contributed by atoms with E-state index in [0.29, 0.717) is 12.3 Å². The molecule has 100 valence electrons. The SMILES string of the molecule is CCn1c(-c2ccc(C)c(C)c2)ccc(CS)c1=O. The number of hydrogen-bond acceptors (Lipinski definition) is 2. The van der Waals surface area contributed by atoms with Gasteiger partial charge in [0.25, 0.3) is 5.56 Å². The number of benzene rings is 1. The number of aromatic nitrogens is 1. The fourth-order valence-electron chi connectivity index (χ4n) is 2.21. The maximum atomic E-state index is 12.3. The molecule has 1 aromatic heterocycles. The predicted octanol–water partition coefficient (Wildman–Crippen LogP) is 3.58. The minimum absolute atomic E-state index is 0.0632. The molecule has 2 aromatic rings. The first-order chi connectivity index (χ1) is 9.08. The van der Waals surface area contributed by atoms with Gasteiger partial charge in [-0.1, -0.05) is 18.2 Å². The monoisotopic (exact) mass is 273 g/mol. The Morgan fingerprint density at radius 3 is 2.42 bits per heavy atom. The highest BCUT2D eigenvalue weighted by Crippen LogP contribution is 2.21. The Labute approximate surface area is 119 Å². The van der Waals surface area contributed by atoms with Crippen LogP contribution in [0.25, 0.3) is 11.3 Å². The van der Waals surface area contributed by atoms with E-state index in [2.05, 4.69) is 44.7 Å². The second-order valence-electron chi connectivity index (χ2n) is 4.75. The third-order valence-corrected chi connectivity index (χ3v) is 3.88. The van der Waals surface area contributed by atoms with Crippen molar-refractivity contribution in [3.05, 3.63) is 57.4 Å². The van der Waals surface area contributed by atoms with E-state index in [4.69, 9.17) is 0 Å². The molecule has 0 saturated heterocycles. The van der Waals surface area contributed by atoms with E-state index in [0.717, 1.165) is 16.8 Å². The van der Waals surface area contributed by atoms with E-state index < -0.39 is 0 Å². The van der Waals surface area contributed by atoms with Crippen molar-refractivity contribution >= 4 is 12.6 Å². The van der Waals surface area contributed by atoms with Crippen LogP contribution in [-0.2, 0) is 12.3 Å². The second kappa shape index (κ2) is 5.66. The Kier molecular flexibility index (Phi) is 4.15. The lowest BCUT2D eigenvalue weighted by molar-refractivity contribution is 0.729. The normalized spacial score (nSPS) is 10.7. The molecule has 0 aliphatic carbocycles. The molecule has 0 N–H and O–H groups in total. The molecule has 0 amide bonds. The zero-order chi connectivity index (χ0) is 14.0. The summed E-state index contributed by atoms with van der Waals surface area (Å²) in [5.41, 5.74) is 5.38. The van der Waals surface area contributed by atoms with Crippen LogP contribution in [0, 0.1) is 13.8 Å². The van der Waals surface area contributed by atoms with Crippen LogP contribution in [0.15, 0.2) is 35.1 Å².